The zero-order valence-electron chi connectivity index (χ0n) is 11.1. The Morgan fingerprint density at radius 1 is 1.47 bits per heavy atom. The predicted octanol–water partition coefficient (Wildman–Crippen LogP) is 1.99. The van der Waals surface area contributed by atoms with Gasteiger partial charge < -0.3 is 15.4 Å². The van der Waals surface area contributed by atoms with E-state index in [9.17, 15) is 4.79 Å². The lowest BCUT2D eigenvalue weighted by atomic mass is 10.1. The predicted molar refractivity (Wildman–Crippen MR) is 78.2 cm³/mol. The molecule has 2 rings (SSSR count). The molecular formula is C14H21ClN2O2. The van der Waals surface area contributed by atoms with Crippen LogP contribution < -0.4 is 15.4 Å². The molecule has 1 heterocycles. The molecule has 1 fully saturated rings. The average molecular weight is 285 g/mol. The van der Waals surface area contributed by atoms with Crippen molar-refractivity contribution in [1.29, 1.82) is 0 Å². The van der Waals surface area contributed by atoms with Crippen LogP contribution in [0.25, 0.3) is 0 Å². The van der Waals surface area contributed by atoms with E-state index in [4.69, 9.17) is 4.74 Å². The molecule has 1 atom stereocenters. The molecule has 0 bridgehead atoms. The van der Waals surface area contributed by atoms with E-state index in [1.165, 1.54) is 6.42 Å². The molecule has 1 saturated heterocycles. The number of rotatable bonds is 5. The third-order valence-electron chi connectivity index (χ3n) is 3.10. The van der Waals surface area contributed by atoms with E-state index >= 15 is 0 Å². The summed E-state index contributed by atoms with van der Waals surface area (Å²) in [5, 5.41) is 6.32. The van der Waals surface area contributed by atoms with Crippen molar-refractivity contribution in [2.45, 2.75) is 25.8 Å². The Kier molecular flexibility index (Phi) is 6.67. The van der Waals surface area contributed by atoms with Crippen molar-refractivity contribution in [3.63, 3.8) is 0 Å². The lowest BCUT2D eigenvalue weighted by Gasteiger charge is -2.13. The minimum absolute atomic E-state index is 0. The number of carbonyl (C=O) groups excluding carboxylic acids is 1. The van der Waals surface area contributed by atoms with Gasteiger partial charge >= 0.3 is 0 Å². The molecule has 0 spiro atoms. The third kappa shape index (κ3) is 4.40. The van der Waals surface area contributed by atoms with Crippen LogP contribution in [0.2, 0.25) is 0 Å². The first kappa shape index (κ1) is 15.8. The summed E-state index contributed by atoms with van der Waals surface area (Å²) in [6.07, 6.45) is 2.32. The molecule has 2 N–H and O–H groups in total. The summed E-state index contributed by atoms with van der Waals surface area (Å²) >= 11 is 0. The number of ether oxygens (including phenoxy) is 1. The molecule has 1 aliphatic heterocycles. The standard InChI is InChI=1S/C14H20N2O2.ClH/c1-2-18-13-8-4-3-7-12(13)14(17)16-10-11-6-5-9-15-11;/h3-4,7-8,11,15H,2,5-6,9-10H2,1H3,(H,16,17);1H. The molecule has 0 saturated carbocycles. The summed E-state index contributed by atoms with van der Waals surface area (Å²) in [6, 6.07) is 7.76. The van der Waals surface area contributed by atoms with Gasteiger partial charge in [0.15, 0.2) is 0 Å². The van der Waals surface area contributed by atoms with E-state index in [0.29, 0.717) is 30.5 Å². The van der Waals surface area contributed by atoms with E-state index in [1.807, 2.05) is 25.1 Å². The summed E-state index contributed by atoms with van der Waals surface area (Å²) < 4.78 is 5.45. The van der Waals surface area contributed by atoms with Gasteiger partial charge in [-0.05, 0) is 38.4 Å². The van der Waals surface area contributed by atoms with Crippen LogP contribution in [0, 0.1) is 0 Å². The van der Waals surface area contributed by atoms with Gasteiger partial charge in [0.25, 0.3) is 5.91 Å². The molecule has 1 aliphatic rings. The van der Waals surface area contributed by atoms with Gasteiger partial charge in [0.1, 0.15) is 5.75 Å². The van der Waals surface area contributed by atoms with Crippen molar-refractivity contribution in [3.8, 4) is 5.75 Å². The number of hydrogen-bond donors (Lipinski definition) is 2. The molecule has 19 heavy (non-hydrogen) atoms. The number of amides is 1. The summed E-state index contributed by atoms with van der Waals surface area (Å²) in [5.74, 6) is 0.588. The second-order valence-electron chi connectivity index (χ2n) is 4.43. The summed E-state index contributed by atoms with van der Waals surface area (Å²) in [6.45, 7) is 4.21. The molecule has 0 aromatic heterocycles. The average Bonchev–Trinajstić information content (AvgIpc) is 2.90. The quantitative estimate of drug-likeness (QED) is 0.869. The largest absolute Gasteiger partial charge is 0.493 e. The third-order valence-corrected chi connectivity index (χ3v) is 3.10. The first-order valence-corrected chi connectivity index (χ1v) is 6.54. The topological polar surface area (TPSA) is 50.4 Å². The fraction of sp³-hybridized carbons (Fsp3) is 0.500. The minimum Gasteiger partial charge on any atom is -0.493 e. The second-order valence-corrected chi connectivity index (χ2v) is 4.43. The number of nitrogens with one attached hydrogen (secondary N) is 2. The van der Waals surface area contributed by atoms with Crippen LogP contribution in [0.3, 0.4) is 0 Å². The molecule has 1 amide bonds. The van der Waals surface area contributed by atoms with Crippen molar-refractivity contribution in [2.75, 3.05) is 19.7 Å². The van der Waals surface area contributed by atoms with E-state index in [2.05, 4.69) is 10.6 Å². The van der Waals surface area contributed by atoms with E-state index in [-0.39, 0.29) is 18.3 Å². The Hall–Kier alpha value is -1.26. The van der Waals surface area contributed by atoms with Crippen molar-refractivity contribution in [3.05, 3.63) is 29.8 Å². The van der Waals surface area contributed by atoms with Gasteiger partial charge in [-0.15, -0.1) is 12.4 Å². The molecule has 1 unspecified atom stereocenters. The molecule has 1 aromatic rings. The normalized spacial score (nSPS) is 17.6. The smallest absolute Gasteiger partial charge is 0.255 e. The van der Waals surface area contributed by atoms with Crippen LogP contribution in [0.1, 0.15) is 30.1 Å². The van der Waals surface area contributed by atoms with Gasteiger partial charge in [-0.1, -0.05) is 12.1 Å². The first-order valence-electron chi connectivity index (χ1n) is 6.54. The summed E-state index contributed by atoms with van der Waals surface area (Å²) in [5.41, 5.74) is 0.609. The number of para-hydroxylation sites is 1. The second kappa shape index (κ2) is 8.02. The van der Waals surface area contributed by atoms with E-state index < -0.39 is 0 Å². The van der Waals surface area contributed by atoms with Crippen LogP contribution in [0.15, 0.2) is 24.3 Å². The Labute approximate surface area is 120 Å². The van der Waals surface area contributed by atoms with Gasteiger partial charge in [0, 0.05) is 12.6 Å². The molecule has 0 aliphatic carbocycles. The van der Waals surface area contributed by atoms with Crippen molar-refractivity contribution < 1.29 is 9.53 Å². The Balaban J connectivity index is 0.00000180. The zero-order chi connectivity index (χ0) is 12.8. The molecule has 1 aromatic carbocycles. The first-order chi connectivity index (χ1) is 8.81. The molecule has 106 valence electrons. The summed E-state index contributed by atoms with van der Waals surface area (Å²) in [4.78, 5) is 12.1. The van der Waals surface area contributed by atoms with Gasteiger partial charge in [-0.3, -0.25) is 4.79 Å². The molecule has 0 radical (unpaired) electrons. The van der Waals surface area contributed by atoms with Crippen LogP contribution in [-0.4, -0.2) is 31.6 Å². The highest BCUT2D eigenvalue weighted by Gasteiger charge is 2.16. The van der Waals surface area contributed by atoms with Gasteiger partial charge in [-0.25, -0.2) is 0 Å². The van der Waals surface area contributed by atoms with E-state index in [0.717, 1.165) is 13.0 Å². The highest BCUT2D eigenvalue weighted by Crippen LogP contribution is 2.17. The number of benzene rings is 1. The van der Waals surface area contributed by atoms with Gasteiger partial charge in [0.2, 0.25) is 0 Å². The number of hydrogen-bond acceptors (Lipinski definition) is 3. The highest BCUT2D eigenvalue weighted by molar-refractivity contribution is 5.96. The monoisotopic (exact) mass is 284 g/mol. The SMILES string of the molecule is CCOc1ccccc1C(=O)NCC1CCCN1.Cl. The van der Waals surface area contributed by atoms with Crippen LogP contribution in [-0.2, 0) is 0 Å². The minimum atomic E-state index is -0.0623. The van der Waals surface area contributed by atoms with Gasteiger partial charge in [0.05, 0.1) is 12.2 Å². The van der Waals surface area contributed by atoms with Crippen LogP contribution in [0.5, 0.6) is 5.75 Å². The van der Waals surface area contributed by atoms with E-state index in [1.54, 1.807) is 6.07 Å². The maximum absolute atomic E-state index is 12.1. The maximum atomic E-state index is 12.1. The number of halogens is 1. The van der Waals surface area contributed by atoms with Crippen molar-refractivity contribution in [2.24, 2.45) is 0 Å². The van der Waals surface area contributed by atoms with Crippen molar-refractivity contribution >= 4 is 18.3 Å². The Morgan fingerprint density at radius 3 is 2.95 bits per heavy atom. The fourth-order valence-electron chi connectivity index (χ4n) is 2.18. The van der Waals surface area contributed by atoms with Crippen LogP contribution >= 0.6 is 12.4 Å². The molecule has 5 heteroatoms. The Bertz CT molecular complexity index is 406. The lowest BCUT2D eigenvalue weighted by Crippen LogP contribution is -2.37. The van der Waals surface area contributed by atoms with Crippen LogP contribution in [0.4, 0.5) is 0 Å². The fourth-order valence-corrected chi connectivity index (χ4v) is 2.18. The number of carbonyl (C=O) groups is 1. The maximum Gasteiger partial charge on any atom is 0.255 e. The summed E-state index contributed by atoms with van der Waals surface area (Å²) in [7, 11) is 0. The molecular weight excluding hydrogens is 264 g/mol. The van der Waals surface area contributed by atoms with Gasteiger partial charge in [-0.2, -0.15) is 0 Å². The van der Waals surface area contributed by atoms with Crippen molar-refractivity contribution in [1.82, 2.24) is 10.6 Å². The zero-order valence-corrected chi connectivity index (χ0v) is 12.0. The molecule has 4 nitrogen and oxygen atoms in total. The lowest BCUT2D eigenvalue weighted by molar-refractivity contribution is 0.0946. The highest BCUT2D eigenvalue weighted by atomic mass is 35.5. The Morgan fingerprint density at radius 2 is 2.26 bits per heavy atom.